The second-order valence-electron chi connectivity index (χ2n) is 4.93. The molecule has 0 bridgehead atoms. The lowest BCUT2D eigenvalue weighted by molar-refractivity contribution is 0.0678. The third-order valence-electron chi connectivity index (χ3n) is 3.45. The monoisotopic (exact) mass is 298 g/mol. The van der Waals surface area contributed by atoms with Crippen molar-refractivity contribution in [1.82, 2.24) is 4.72 Å². The number of benzene rings is 1. The summed E-state index contributed by atoms with van der Waals surface area (Å²) in [5, 5.41) is 3.08. The van der Waals surface area contributed by atoms with Gasteiger partial charge in [0.05, 0.1) is 5.69 Å². The van der Waals surface area contributed by atoms with Crippen molar-refractivity contribution in [3.8, 4) is 0 Å². The molecule has 2 rings (SSSR count). The second-order valence-corrected chi connectivity index (χ2v) is 6.67. The van der Waals surface area contributed by atoms with Gasteiger partial charge >= 0.3 is 0 Å². The van der Waals surface area contributed by atoms with Gasteiger partial charge in [-0.2, -0.15) is 0 Å². The van der Waals surface area contributed by atoms with Gasteiger partial charge in [0.25, 0.3) is 0 Å². The summed E-state index contributed by atoms with van der Waals surface area (Å²) in [7, 11) is -3.47. The largest absolute Gasteiger partial charge is 0.384 e. The van der Waals surface area contributed by atoms with Crippen molar-refractivity contribution in [2.24, 2.45) is 5.92 Å². The minimum Gasteiger partial charge on any atom is -0.384 e. The van der Waals surface area contributed by atoms with E-state index in [9.17, 15) is 8.42 Å². The third-order valence-corrected chi connectivity index (χ3v) is 4.93. The standard InChI is InChI=1S/C14H22N2O3S/c1-2-15-13-5-3-4-6-14(13)20(17,18)16-11-12-7-9-19-10-8-12/h3-6,12,15-16H,2,7-11H2,1H3. The number of ether oxygens (including phenoxy) is 1. The lowest BCUT2D eigenvalue weighted by Gasteiger charge is -2.22. The first kappa shape index (κ1) is 15.3. The second kappa shape index (κ2) is 7.06. The highest BCUT2D eigenvalue weighted by Gasteiger charge is 2.21. The fourth-order valence-electron chi connectivity index (χ4n) is 2.29. The molecule has 0 spiro atoms. The van der Waals surface area contributed by atoms with Gasteiger partial charge in [0.1, 0.15) is 4.90 Å². The summed E-state index contributed by atoms with van der Waals surface area (Å²) in [4.78, 5) is 0.314. The van der Waals surface area contributed by atoms with Crippen LogP contribution in [-0.2, 0) is 14.8 Å². The van der Waals surface area contributed by atoms with Crippen LogP contribution in [-0.4, -0.2) is 34.7 Å². The van der Waals surface area contributed by atoms with E-state index in [-0.39, 0.29) is 0 Å². The van der Waals surface area contributed by atoms with Gasteiger partial charge in [0.15, 0.2) is 0 Å². The van der Waals surface area contributed by atoms with E-state index in [1.165, 1.54) is 0 Å². The lowest BCUT2D eigenvalue weighted by atomic mass is 10.0. The Labute approximate surface area is 120 Å². The molecule has 0 aliphatic carbocycles. The predicted molar refractivity (Wildman–Crippen MR) is 79.3 cm³/mol. The molecule has 1 aromatic rings. The molecule has 0 amide bonds. The Morgan fingerprint density at radius 3 is 2.65 bits per heavy atom. The molecule has 1 saturated heterocycles. The van der Waals surface area contributed by atoms with E-state index in [0.717, 1.165) is 26.1 Å². The van der Waals surface area contributed by atoms with Crippen LogP contribution >= 0.6 is 0 Å². The molecule has 0 unspecified atom stereocenters. The van der Waals surface area contributed by atoms with Crippen LogP contribution in [0.4, 0.5) is 5.69 Å². The third kappa shape index (κ3) is 3.94. The molecule has 20 heavy (non-hydrogen) atoms. The highest BCUT2D eigenvalue weighted by molar-refractivity contribution is 7.89. The van der Waals surface area contributed by atoms with E-state index < -0.39 is 10.0 Å². The summed E-state index contributed by atoms with van der Waals surface area (Å²) in [6.45, 7) is 4.55. The smallest absolute Gasteiger partial charge is 0.242 e. The Morgan fingerprint density at radius 2 is 1.95 bits per heavy atom. The van der Waals surface area contributed by atoms with Crippen molar-refractivity contribution < 1.29 is 13.2 Å². The molecular formula is C14H22N2O3S. The van der Waals surface area contributed by atoms with Crippen molar-refractivity contribution in [2.45, 2.75) is 24.7 Å². The van der Waals surface area contributed by atoms with Crippen LogP contribution in [0.2, 0.25) is 0 Å². The zero-order valence-corrected chi connectivity index (χ0v) is 12.6. The number of nitrogens with one attached hydrogen (secondary N) is 2. The summed E-state index contributed by atoms with van der Waals surface area (Å²) < 4.78 is 32.8. The molecule has 0 atom stereocenters. The van der Waals surface area contributed by atoms with E-state index in [2.05, 4.69) is 10.0 Å². The van der Waals surface area contributed by atoms with E-state index in [1.54, 1.807) is 18.2 Å². The molecule has 5 nitrogen and oxygen atoms in total. The zero-order valence-electron chi connectivity index (χ0n) is 11.8. The van der Waals surface area contributed by atoms with E-state index in [1.807, 2.05) is 13.0 Å². The van der Waals surface area contributed by atoms with Crippen LogP contribution in [0, 0.1) is 5.92 Å². The molecule has 112 valence electrons. The Morgan fingerprint density at radius 1 is 1.25 bits per heavy atom. The Hall–Kier alpha value is -1.11. The minimum atomic E-state index is -3.47. The van der Waals surface area contributed by atoms with Crippen LogP contribution in [0.1, 0.15) is 19.8 Å². The summed E-state index contributed by atoms with van der Waals surface area (Å²) in [5.41, 5.74) is 0.648. The van der Waals surface area contributed by atoms with Crippen LogP contribution in [0.3, 0.4) is 0 Å². The van der Waals surface area contributed by atoms with Crippen LogP contribution in [0.25, 0.3) is 0 Å². The van der Waals surface area contributed by atoms with Gasteiger partial charge in [0, 0.05) is 26.3 Å². The number of hydrogen-bond donors (Lipinski definition) is 2. The van der Waals surface area contributed by atoms with E-state index in [4.69, 9.17) is 4.74 Å². The van der Waals surface area contributed by atoms with Gasteiger partial charge in [-0.25, -0.2) is 13.1 Å². The maximum atomic E-state index is 12.4. The molecule has 0 saturated carbocycles. The van der Waals surface area contributed by atoms with Crippen molar-refractivity contribution >= 4 is 15.7 Å². The van der Waals surface area contributed by atoms with E-state index in [0.29, 0.717) is 29.6 Å². The highest BCUT2D eigenvalue weighted by Crippen LogP contribution is 2.21. The lowest BCUT2D eigenvalue weighted by Crippen LogP contribution is -2.32. The average Bonchev–Trinajstić information content (AvgIpc) is 2.47. The normalized spacial score (nSPS) is 17.1. The van der Waals surface area contributed by atoms with E-state index >= 15 is 0 Å². The Balaban J connectivity index is 2.05. The average molecular weight is 298 g/mol. The summed E-state index contributed by atoms with van der Waals surface area (Å²) in [5.74, 6) is 0.366. The topological polar surface area (TPSA) is 67.4 Å². The molecule has 1 aliphatic heterocycles. The molecule has 1 aliphatic rings. The first-order valence-corrected chi connectivity index (χ1v) is 8.52. The Kier molecular flexibility index (Phi) is 5.39. The Bertz CT molecular complexity index is 525. The van der Waals surface area contributed by atoms with Gasteiger partial charge in [-0.05, 0) is 37.8 Å². The van der Waals surface area contributed by atoms with Crippen LogP contribution in [0.15, 0.2) is 29.2 Å². The fraction of sp³-hybridized carbons (Fsp3) is 0.571. The maximum Gasteiger partial charge on any atom is 0.242 e. The number of hydrogen-bond acceptors (Lipinski definition) is 4. The van der Waals surface area contributed by atoms with Crippen molar-refractivity contribution in [1.29, 1.82) is 0 Å². The highest BCUT2D eigenvalue weighted by atomic mass is 32.2. The van der Waals surface area contributed by atoms with Crippen molar-refractivity contribution in [3.63, 3.8) is 0 Å². The maximum absolute atomic E-state index is 12.4. The number of para-hydroxylation sites is 1. The fourth-order valence-corrected chi connectivity index (χ4v) is 3.59. The zero-order chi connectivity index (χ0) is 14.4. The first-order valence-electron chi connectivity index (χ1n) is 7.04. The summed E-state index contributed by atoms with van der Waals surface area (Å²) in [6.07, 6.45) is 1.83. The summed E-state index contributed by atoms with van der Waals surface area (Å²) in [6, 6.07) is 6.98. The molecule has 1 fully saturated rings. The molecular weight excluding hydrogens is 276 g/mol. The quantitative estimate of drug-likeness (QED) is 0.841. The van der Waals surface area contributed by atoms with Gasteiger partial charge in [-0.15, -0.1) is 0 Å². The predicted octanol–water partition coefficient (Wildman–Crippen LogP) is 1.82. The molecule has 0 aromatic heterocycles. The van der Waals surface area contributed by atoms with Crippen molar-refractivity contribution in [3.05, 3.63) is 24.3 Å². The number of rotatable bonds is 6. The SMILES string of the molecule is CCNc1ccccc1S(=O)(=O)NCC1CCOCC1. The van der Waals surface area contributed by atoms with Gasteiger partial charge in [-0.3, -0.25) is 0 Å². The van der Waals surface area contributed by atoms with Gasteiger partial charge in [-0.1, -0.05) is 12.1 Å². The molecule has 0 radical (unpaired) electrons. The first-order chi connectivity index (χ1) is 9.63. The van der Waals surface area contributed by atoms with Gasteiger partial charge < -0.3 is 10.1 Å². The summed E-state index contributed by atoms with van der Waals surface area (Å²) >= 11 is 0. The van der Waals surface area contributed by atoms with Crippen LogP contribution in [0.5, 0.6) is 0 Å². The number of anilines is 1. The van der Waals surface area contributed by atoms with Gasteiger partial charge in [0.2, 0.25) is 10.0 Å². The molecule has 1 aromatic carbocycles. The number of sulfonamides is 1. The molecule has 6 heteroatoms. The molecule has 2 N–H and O–H groups in total. The minimum absolute atomic E-state index is 0.314. The van der Waals surface area contributed by atoms with Crippen LogP contribution < -0.4 is 10.0 Å². The van der Waals surface area contributed by atoms with Crippen molar-refractivity contribution in [2.75, 3.05) is 31.6 Å². The molecule has 1 heterocycles.